The molecule has 2 rings (SSSR count). The van der Waals surface area contributed by atoms with E-state index in [1.165, 1.54) is 55.7 Å². The van der Waals surface area contributed by atoms with Crippen molar-refractivity contribution in [3.8, 4) is 5.75 Å². The Hall–Kier alpha value is 0.360. The molecule has 6 heteroatoms. The summed E-state index contributed by atoms with van der Waals surface area (Å²) in [5.41, 5.74) is 0.997. The molecule has 1 aliphatic rings. The van der Waals surface area contributed by atoms with Crippen molar-refractivity contribution < 1.29 is 5.11 Å². The van der Waals surface area contributed by atoms with Gasteiger partial charge in [-0.1, -0.05) is 6.92 Å². The summed E-state index contributed by atoms with van der Waals surface area (Å²) < 4.78 is 2.10. The number of aromatic hydroxyl groups is 1. The highest BCUT2D eigenvalue weighted by molar-refractivity contribution is 14.1. The molecule has 1 saturated heterocycles. The molecule has 1 aliphatic heterocycles. The Balaban J connectivity index is 1.58. The second kappa shape index (κ2) is 10.4. The van der Waals surface area contributed by atoms with Crippen LogP contribution >= 0.6 is 45.2 Å². The van der Waals surface area contributed by atoms with Crippen molar-refractivity contribution in [3.63, 3.8) is 0 Å². The molecule has 0 atom stereocenters. The highest BCUT2D eigenvalue weighted by atomic mass is 127. The third kappa shape index (κ3) is 6.64. The molecule has 2 N–H and O–H groups in total. The molecular weight excluding hydrogens is 516 g/mol. The predicted molar refractivity (Wildman–Crippen MR) is 113 cm³/mol. The third-order valence-electron chi connectivity index (χ3n) is 4.41. The van der Waals surface area contributed by atoms with Gasteiger partial charge in [0.05, 0.1) is 3.57 Å². The van der Waals surface area contributed by atoms with E-state index < -0.39 is 0 Å². The van der Waals surface area contributed by atoms with Crippen LogP contribution in [0.15, 0.2) is 12.1 Å². The van der Waals surface area contributed by atoms with Crippen LogP contribution in [-0.2, 0) is 6.54 Å². The van der Waals surface area contributed by atoms with Crippen LogP contribution in [-0.4, -0.2) is 60.7 Å². The van der Waals surface area contributed by atoms with Gasteiger partial charge >= 0.3 is 0 Å². The summed E-state index contributed by atoms with van der Waals surface area (Å²) in [4.78, 5) is 5.10. The van der Waals surface area contributed by atoms with Gasteiger partial charge in [0, 0.05) is 41.9 Å². The van der Waals surface area contributed by atoms with Crippen LogP contribution in [0.2, 0.25) is 0 Å². The summed E-state index contributed by atoms with van der Waals surface area (Å²) in [5.74, 6) is 0.423. The summed E-state index contributed by atoms with van der Waals surface area (Å²) in [6.45, 7) is 11.3. The predicted octanol–water partition coefficient (Wildman–Crippen LogP) is 3.11. The Morgan fingerprint density at radius 1 is 1.09 bits per heavy atom. The zero-order chi connectivity index (χ0) is 16.7. The van der Waals surface area contributed by atoms with E-state index in [2.05, 4.69) is 73.3 Å². The number of unbranched alkanes of at least 4 members (excludes halogenated alkanes) is 1. The summed E-state index contributed by atoms with van der Waals surface area (Å²) in [7, 11) is 0. The maximum absolute atomic E-state index is 10.1. The molecule has 1 heterocycles. The molecule has 1 aromatic rings. The number of nitrogens with one attached hydrogen (secondary N) is 1. The first kappa shape index (κ1) is 19.7. The van der Waals surface area contributed by atoms with E-state index in [-0.39, 0.29) is 0 Å². The smallest absolute Gasteiger partial charge is 0.133 e. The van der Waals surface area contributed by atoms with Crippen LogP contribution in [0.5, 0.6) is 5.75 Å². The Kier molecular flexibility index (Phi) is 8.88. The first-order chi connectivity index (χ1) is 11.1. The molecule has 1 fully saturated rings. The molecule has 0 aromatic heterocycles. The van der Waals surface area contributed by atoms with E-state index in [0.29, 0.717) is 5.75 Å². The van der Waals surface area contributed by atoms with Crippen molar-refractivity contribution in [1.82, 2.24) is 15.1 Å². The van der Waals surface area contributed by atoms with Crippen LogP contribution in [0.1, 0.15) is 25.3 Å². The number of phenols is 1. The highest BCUT2D eigenvalue weighted by Gasteiger charge is 2.14. The molecule has 4 nitrogen and oxygen atoms in total. The van der Waals surface area contributed by atoms with Crippen molar-refractivity contribution in [3.05, 3.63) is 24.8 Å². The lowest BCUT2D eigenvalue weighted by Crippen LogP contribution is -2.46. The Morgan fingerprint density at radius 3 is 2.48 bits per heavy atom. The molecule has 0 saturated carbocycles. The van der Waals surface area contributed by atoms with Gasteiger partial charge in [-0.3, -0.25) is 0 Å². The fourth-order valence-electron chi connectivity index (χ4n) is 2.89. The monoisotopic (exact) mass is 543 g/mol. The molecule has 0 radical (unpaired) electrons. The number of likely N-dealkylation sites (N-methyl/N-ethyl adjacent to an activating group) is 1. The van der Waals surface area contributed by atoms with Gasteiger partial charge in [0.2, 0.25) is 0 Å². The van der Waals surface area contributed by atoms with E-state index in [9.17, 15) is 5.11 Å². The maximum Gasteiger partial charge on any atom is 0.133 e. The second-order valence-corrected chi connectivity index (χ2v) is 8.46. The standard InChI is InChI=1S/C17H27I2N3O/c1-2-21-7-9-22(10-8-21)6-4-3-5-20-13-14-11-15(18)12-16(19)17(14)23/h11-12,20,23H,2-10,13H2,1H3. The van der Waals surface area contributed by atoms with E-state index in [0.717, 1.165) is 22.2 Å². The minimum Gasteiger partial charge on any atom is -0.507 e. The van der Waals surface area contributed by atoms with Crippen molar-refractivity contribution in [2.75, 3.05) is 45.8 Å². The van der Waals surface area contributed by atoms with Gasteiger partial charge in [-0.15, -0.1) is 0 Å². The fraction of sp³-hybridized carbons (Fsp3) is 0.647. The molecule has 23 heavy (non-hydrogen) atoms. The first-order valence-electron chi connectivity index (χ1n) is 8.42. The highest BCUT2D eigenvalue weighted by Crippen LogP contribution is 2.26. The number of nitrogens with zero attached hydrogens (tertiary/aromatic N) is 2. The molecule has 0 unspecified atom stereocenters. The van der Waals surface area contributed by atoms with Crippen molar-refractivity contribution in [2.24, 2.45) is 0 Å². The molecule has 0 spiro atoms. The number of halogens is 2. The Bertz CT molecular complexity index is 491. The second-order valence-electron chi connectivity index (χ2n) is 6.06. The van der Waals surface area contributed by atoms with Gasteiger partial charge in [0.15, 0.2) is 0 Å². The maximum atomic E-state index is 10.1. The number of phenolic OH excluding ortho intramolecular Hbond substituents is 1. The number of hydrogen-bond acceptors (Lipinski definition) is 4. The summed E-state index contributed by atoms with van der Waals surface area (Å²) >= 11 is 4.49. The van der Waals surface area contributed by atoms with E-state index in [4.69, 9.17) is 0 Å². The first-order valence-corrected chi connectivity index (χ1v) is 10.6. The van der Waals surface area contributed by atoms with E-state index in [1.54, 1.807) is 0 Å². The lowest BCUT2D eigenvalue weighted by atomic mass is 10.2. The van der Waals surface area contributed by atoms with Crippen LogP contribution in [0.4, 0.5) is 0 Å². The van der Waals surface area contributed by atoms with Crippen molar-refractivity contribution >= 4 is 45.2 Å². The van der Waals surface area contributed by atoms with Crippen molar-refractivity contribution in [2.45, 2.75) is 26.3 Å². The van der Waals surface area contributed by atoms with Crippen LogP contribution in [0.25, 0.3) is 0 Å². The van der Waals surface area contributed by atoms with Gasteiger partial charge < -0.3 is 20.2 Å². The zero-order valence-electron chi connectivity index (χ0n) is 13.8. The van der Waals surface area contributed by atoms with Crippen LogP contribution in [0, 0.1) is 7.14 Å². The molecule has 1 aromatic carbocycles. The quantitative estimate of drug-likeness (QED) is 0.391. The van der Waals surface area contributed by atoms with E-state index >= 15 is 0 Å². The average molecular weight is 543 g/mol. The van der Waals surface area contributed by atoms with E-state index in [1.807, 2.05) is 6.07 Å². The lowest BCUT2D eigenvalue weighted by molar-refractivity contribution is 0.135. The van der Waals surface area contributed by atoms with Crippen molar-refractivity contribution in [1.29, 1.82) is 0 Å². The molecule has 0 aliphatic carbocycles. The van der Waals surface area contributed by atoms with Crippen LogP contribution < -0.4 is 5.32 Å². The largest absolute Gasteiger partial charge is 0.507 e. The van der Waals surface area contributed by atoms with Gasteiger partial charge in [0.1, 0.15) is 5.75 Å². The summed E-state index contributed by atoms with van der Waals surface area (Å²) in [6.07, 6.45) is 2.44. The SMILES string of the molecule is CCN1CCN(CCCCNCc2cc(I)cc(I)c2O)CC1. The molecule has 0 amide bonds. The van der Waals surface area contributed by atoms with Gasteiger partial charge in [-0.05, 0) is 89.8 Å². The number of rotatable bonds is 8. The minimum absolute atomic E-state index is 0.423. The summed E-state index contributed by atoms with van der Waals surface area (Å²) in [6, 6.07) is 4.05. The number of piperazine rings is 1. The van der Waals surface area contributed by atoms with Crippen LogP contribution in [0.3, 0.4) is 0 Å². The molecule has 0 bridgehead atoms. The molecular formula is C17H27I2N3O. The topological polar surface area (TPSA) is 38.7 Å². The third-order valence-corrected chi connectivity index (χ3v) is 5.86. The molecule has 130 valence electrons. The number of benzene rings is 1. The lowest BCUT2D eigenvalue weighted by Gasteiger charge is -2.33. The van der Waals surface area contributed by atoms with Gasteiger partial charge in [-0.25, -0.2) is 0 Å². The number of hydrogen-bond donors (Lipinski definition) is 2. The Labute approximate surface area is 167 Å². The fourth-order valence-corrected chi connectivity index (χ4v) is 4.86. The zero-order valence-corrected chi connectivity index (χ0v) is 18.1. The Morgan fingerprint density at radius 2 is 1.78 bits per heavy atom. The average Bonchev–Trinajstić information content (AvgIpc) is 2.55. The van der Waals surface area contributed by atoms with Gasteiger partial charge in [0.25, 0.3) is 0 Å². The minimum atomic E-state index is 0.423. The normalized spacial score (nSPS) is 16.8. The summed E-state index contributed by atoms with van der Waals surface area (Å²) in [5, 5.41) is 13.5. The van der Waals surface area contributed by atoms with Gasteiger partial charge in [-0.2, -0.15) is 0 Å².